The zero-order valence-electron chi connectivity index (χ0n) is 7.03. The van der Waals surface area contributed by atoms with Crippen molar-refractivity contribution in [2.75, 3.05) is 39.3 Å². The maximum Gasteiger partial charge on any atom is 0.104 e. The van der Waals surface area contributed by atoms with E-state index in [1.54, 1.807) is 0 Å². The fourth-order valence-electron chi connectivity index (χ4n) is 1.45. The summed E-state index contributed by atoms with van der Waals surface area (Å²) in [5, 5.41) is 14.7. The van der Waals surface area contributed by atoms with Crippen molar-refractivity contribution >= 4 is 5.71 Å². The fraction of sp³-hybridized carbons (Fsp3) is 0.857. The number of hydrogen-bond donors (Lipinski definition) is 1. The van der Waals surface area contributed by atoms with Crippen LogP contribution in [-0.2, 0) is 0 Å². The number of nitrogens with one attached hydrogen (secondary N) is 1. The van der Waals surface area contributed by atoms with Crippen LogP contribution in [0.3, 0.4) is 0 Å². The van der Waals surface area contributed by atoms with Gasteiger partial charge in [0.25, 0.3) is 0 Å². The molecule has 0 bridgehead atoms. The summed E-state index contributed by atoms with van der Waals surface area (Å²) in [6.45, 7) is 6.03. The Bertz CT molecular complexity index is 204. The van der Waals surface area contributed by atoms with Crippen molar-refractivity contribution in [2.45, 2.75) is 0 Å². The summed E-state index contributed by atoms with van der Waals surface area (Å²) in [5.41, 5.74) is 1.09. The molecular weight excluding hydrogens is 154 g/mol. The van der Waals surface area contributed by atoms with E-state index in [1.165, 1.54) is 0 Å². The molecule has 5 heteroatoms. The third-order valence-electron chi connectivity index (χ3n) is 2.12. The summed E-state index contributed by atoms with van der Waals surface area (Å²) in [6, 6.07) is 0. The molecule has 1 fully saturated rings. The van der Waals surface area contributed by atoms with Gasteiger partial charge >= 0.3 is 0 Å². The maximum atomic E-state index is 3.94. The molecule has 66 valence electrons. The van der Waals surface area contributed by atoms with E-state index in [4.69, 9.17) is 0 Å². The number of nitrogens with zero attached hydrogens (tertiary/aromatic N) is 4. The lowest BCUT2D eigenvalue weighted by molar-refractivity contribution is 0.271. The van der Waals surface area contributed by atoms with Crippen molar-refractivity contribution in [1.29, 1.82) is 0 Å². The first-order valence-corrected chi connectivity index (χ1v) is 4.30. The van der Waals surface area contributed by atoms with Crippen molar-refractivity contribution in [1.82, 2.24) is 10.2 Å². The van der Waals surface area contributed by atoms with Crippen LogP contribution < -0.4 is 5.32 Å². The number of piperazine rings is 1. The Morgan fingerprint density at radius 3 is 2.83 bits per heavy atom. The van der Waals surface area contributed by atoms with E-state index in [0.29, 0.717) is 6.54 Å². The minimum Gasteiger partial charge on any atom is -0.314 e. The predicted octanol–water partition coefficient (Wildman–Crippen LogP) is -0.287. The second-order valence-electron chi connectivity index (χ2n) is 3.08. The number of hydrogen-bond acceptors (Lipinski definition) is 5. The molecule has 0 atom stereocenters. The SMILES string of the molecule is C1CN(CC2=NN=NC2)CCN1. The Hall–Kier alpha value is -0.810. The van der Waals surface area contributed by atoms with Gasteiger partial charge in [0.05, 0.1) is 5.71 Å². The van der Waals surface area contributed by atoms with Gasteiger partial charge in [0.2, 0.25) is 0 Å². The van der Waals surface area contributed by atoms with Crippen molar-refractivity contribution in [3.63, 3.8) is 0 Å². The van der Waals surface area contributed by atoms with Gasteiger partial charge in [0, 0.05) is 32.7 Å². The molecule has 2 aliphatic rings. The first-order chi connectivity index (χ1) is 5.95. The third-order valence-corrected chi connectivity index (χ3v) is 2.12. The first-order valence-electron chi connectivity index (χ1n) is 4.30. The second-order valence-corrected chi connectivity index (χ2v) is 3.08. The molecule has 0 unspecified atom stereocenters. The Labute approximate surface area is 71.5 Å². The number of rotatable bonds is 2. The molecule has 0 amide bonds. The molecule has 2 rings (SSSR count). The highest BCUT2D eigenvalue weighted by molar-refractivity contribution is 5.88. The van der Waals surface area contributed by atoms with Gasteiger partial charge in [-0.25, -0.2) is 0 Å². The van der Waals surface area contributed by atoms with Gasteiger partial charge in [-0.05, 0) is 5.22 Å². The van der Waals surface area contributed by atoms with E-state index in [2.05, 4.69) is 25.7 Å². The minimum absolute atomic E-state index is 0.698. The second kappa shape index (κ2) is 3.73. The van der Waals surface area contributed by atoms with Crippen LogP contribution in [0.2, 0.25) is 0 Å². The summed E-state index contributed by atoms with van der Waals surface area (Å²) in [7, 11) is 0. The monoisotopic (exact) mass is 167 g/mol. The van der Waals surface area contributed by atoms with Crippen molar-refractivity contribution in [3.05, 3.63) is 0 Å². The van der Waals surface area contributed by atoms with E-state index in [1.807, 2.05) is 0 Å². The van der Waals surface area contributed by atoms with Crippen LogP contribution in [0.4, 0.5) is 0 Å². The van der Waals surface area contributed by atoms with Gasteiger partial charge in [-0.15, -0.1) is 5.10 Å². The predicted molar refractivity (Wildman–Crippen MR) is 46.5 cm³/mol. The molecule has 0 aromatic carbocycles. The average Bonchev–Trinajstić information content (AvgIpc) is 2.59. The van der Waals surface area contributed by atoms with Gasteiger partial charge in [0.1, 0.15) is 6.54 Å². The van der Waals surface area contributed by atoms with E-state index in [0.717, 1.165) is 38.4 Å². The van der Waals surface area contributed by atoms with Crippen LogP contribution in [-0.4, -0.2) is 49.9 Å². The van der Waals surface area contributed by atoms with Gasteiger partial charge in [-0.2, -0.15) is 5.11 Å². The lowest BCUT2D eigenvalue weighted by atomic mass is 10.3. The highest BCUT2D eigenvalue weighted by Gasteiger charge is 2.13. The molecule has 0 aliphatic carbocycles. The molecule has 0 aromatic heterocycles. The molecule has 1 N–H and O–H groups in total. The van der Waals surface area contributed by atoms with E-state index in [9.17, 15) is 0 Å². The zero-order chi connectivity index (χ0) is 8.23. The summed E-state index contributed by atoms with van der Waals surface area (Å²) < 4.78 is 0. The van der Waals surface area contributed by atoms with Gasteiger partial charge in [0.15, 0.2) is 0 Å². The summed E-state index contributed by atoms with van der Waals surface area (Å²) >= 11 is 0. The molecule has 0 saturated carbocycles. The Balaban J connectivity index is 1.78. The van der Waals surface area contributed by atoms with Gasteiger partial charge < -0.3 is 5.32 Å². The summed E-state index contributed by atoms with van der Waals surface area (Å²) in [6.07, 6.45) is 0. The third kappa shape index (κ3) is 1.86. The standard InChI is InChI=1S/C7H13N5/c1-3-12(4-2-8-1)6-7-5-9-11-10-7/h8H,1-6H2. The molecule has 12 heavy (non-hydrogen) atoms. The van der Waals surface area contributed by atoms with Crippen molar-refractivity contribution < 1.29 is 0 Å². The van der Waals surface area contributed by atoms with Crippen molar-refractivity contribution in [2.24, 2.45) is 15.4 Å². The molecule has 2 heterocycles. The zero-order valence-corrected chi connectivity index (χ0v) is 7.03. The van der Waals surface area contributed by atoms with Crippen LogP contribution in [0.25, 0.3) is 0 Å². The molecular formula is C7H13N5. The Morgan fingerprint density at radius 1 is 1.33 bits per heavy atom. The lowest BCUT2D eigenvalue weighted by Gasteiger charge is -2.26. The molecule has 1 saturated heterocycles. The molecule has 0 spiro atoms. The van der Waals surface area contributed by atoms with Gasteiger partial charge in [-0.3, -0.25) is 4.90 Å². The van der Waals surface area contributed by atoms with Crippen LogP contribution in [0.1, 0.15) is 0 Å². The minimum atomic E-state index is 0.698. The lowest BCUT2D eigenvalue weighted by Crippen LogP contribution is -2.45. The van der Waals surface area contributed by atoms with Crippen LogP contribution in [0.5, 0.6) is 0 Å². The quantitative estimate of drug-likeness (QED) is 0.614. The normalized spacial score (nSPS) is 24.5. The first kappa shape index (κ1) is 7.82. The highest BCUT2D eigenvalue weighted by Crippen LogP contribution is 1.98. The molecule has 5 nitrogen and oxygen atoms in total. The molecule has 0 aromatic rings. The van der Waals surface area contributed by atoms with Crippen LogP contribution >= 0.6 is 0 Å². The maximum absolute atomic E-state index is 3.94. The van der Waals surface area contributed by atoms with E-state index in [-0.39, 0.29) is 0 Å². The largest absolute Gasteiger partial charge is 0.314 e. The molecule has 2 aliphatic heterocycles. The van der Waals surface area contributed by atoms with Crippen LogP contribution in [0.15, 0.2) is 15.4 Å². The fourth-order valence-corrected chi connectivity index (χ4v) is 1.45. The Morgan fingerprint density at radius 2 is 2.17 bits per heavy atom. The Kier molecular flexibility index (Phi) is 2.43. The van der Waals surface area contributed by atoms with E-state index < -0.39 is 0 Å². The summed E-state index contributed by atoms with van der Waals surface area (Å²) in [5.74, 6) is 0. The van der Waals surface area contributed by atoms with Gasteiger partial charge in [-0.1, -0.05) is 0 Å². The van der Waals surface area contributed by atoms with Crippen LogP contribution in [0, 0.1) is 0 Å². The van der Waals surface area contributed by atoms with E-state index >= 15 is 0 Å². The molecule has 0 radical (unpaired) electrons. The average molecular weight is 167 g/mol. The smallest absolute Gasteiger partial charge is 0.104 e. The summed E-state index contributed by atoms with van der Waals surface area (Å²) in [4.78, 5) is 2.38. The topological polar surface area (TPSA) is 52.4 Å². The van der Waals surface area contributed by atoms with Crippen molar-refractivity contribution in [3.8, 4) is 0 Å². The highest BCUT2D eigenvalue weighted by atomic mass is 15.4.